The summed E-state index contributed by atoms with van der Waals surface area (Å²) in [4.78, 5) is 15.3. The van der Waals surface area contributed by atoms with E-state index in [0.29, 0.717) is 17.9 Å². The summed E-state index contributed by atoms with van der Waals surface area (Å²) in [5.74, 6) is 0.0188. The molecule has 0 radical (unpaired) electrons. The second-order valence-corrected chi connectivity index (χ2v) is 9.61. The van der Waals surface area contributed by atoms with Gasteiger partial charge in [-0.05, 0) is 54.6 Å². The maximum atomic E-state index is 12.5. The van der Waals surface area contributed by atoms with Crippen molar-refractivity contribution in [2.75, 3.05) is 13.1 Å². The standard InChI is InChI=1S/C17H18ClNO3S2/c1-12-8-9-23-16(12)6-7-17(20)19-10-15(11-19)24(21,22)14-4-2-13(18)3-5-14/h2-5,8-9,15H,6-7,10-11H2,1H3. The topological polar surface area (TPSA) is 54.5 Å². The van der Waals surface area contributed by atoms with E-state index in [4.69, 9.17) is 11.6 Å². The molecule has 0 saturated carbocycles. The molecular formula is C17H18ClNO3S2. The number of hydrogen-bond acceptors (Lipinski definition) is 4. The molecule has 0 spiro atoms. The van der Waals surface area contributed by atoms with E-state index >= 15 is 0 Å². The van der Waals surface area contributed by atoms with Gasteiger partial charge in [-0.2, -0.15) is 0 Å². The van der Waals surface area contributed by atoms with Gasteiger partial charge in [0, 0.05) is 29.4 Å². The predicted molar refractivity (Wildman–Crippen MR) is 96.4 cm³/mol. The van der Waals surface area contributed by atoms with E-state index in [1.165, 1.54) is 22.6 Å². The highest BCUT2D eigenvalue weighted by atomic mass is 35.5. The lowest BCUT2D eigenvalue weighted by Gasteiger charge is -2.38. The fourth-order valence-electron chi connectivity index (χ4n) is 2.69. The molecular weight excluding hydrogens is 366 g/mol. The van der Waals surface area contributed by atoms with E-state index in [1.807, 2.05) is 18.4 Å². The largest absolute Gasteiger partial charge is 0.340 e. The molecule has 128 valence electrons. The normalized spacial score (nSPS) is 15.3. The summed E-state index contributed by atoms with van der Waals surface area (Å²) < 4.78 is 25.0. The van der Waals surface area contributed by atoms with Crippen molar-refractivity contribution in [3.63, 3.8) is 0 Å². The number of halogens is 1. The molecule has 4 nitrogen and oxygen atoms in total. The summed E-state index contributed by atoms with van der Waals surface area (Å²) in [6, 6.07) is 8.21. The number of rotatable bonds is 5. The fraction of sp³-hybridized carbons (Fsp3) is 0.353. The predicted octanol–water partition coefficient (Wildman–Crippen LogP) is 3.33. The van der Waals surface area contributed by atoms with Gasteiger partial charge in [-0.1, -0.05) is 11.6 Å². The van der Waals surface area contributed by atoms with Crippen molar-refractivity contribution in [1.82, 2.24) is 4.90 Å². The number of thiophene rings is 1. The average molecular weight is 384 g/mol. The molecule has 2 aromatic rings. The van der Waals surface area contributed by atoms with E-state index in [9.17, 15) is 13.2 Å². The molecule has 0 aliphatic carbocycles. The number of carbonyl (C=O) groups excluding carboxylic acids is 1. The number of sulfone groups is 1. The minimum Gasteiger partial charge on any atom is -0.340 e. The van der Waals surface area contributed by atoms with Crippen LogP contribution in [0.15, 0.2) is 40.6 Å². The van der Waals surface area contributed by atoms with E-state index < -0.39 is 15.1 Å². The van der Waals surface area contributed by atoms with Crippen molar-refractivity contribution >= 4 is 38.7 Å². The van der Waals surface area contributed by atoms with E-state index in [2.05, 4.69) is 0 Å². The van der Waals surface area contributed by atoms with Crippen LogP contribution in [0.5, 0.6) is 0 Å². The molecule has 0 bridgehead atoms. The Morgan fingerprint density at radius 1 is 1.25 bits per heavy atom. The summed E-state index contributed by atoms with van der Waals surface area (Å²) in [6.07, 6.45) is 1.14. The molecule has 24 heavy (non-hydrogen) atoms. The molecule has 3 rings (SSSR count). The highest BCUT2D eigenvalue weighted by molar-refractivity contribution is 7.92. The number of aryl methyl sites for hydroxylation is 2. The first-order valence-electron chi connectivity index (χ1n) is 7.68. The zero-order valence-corrected chi connectivity index (χ0v) is 15.6. The van der Waals surface area contributed by atoms with Crippen LogP contribution in [0, 0.1) is 6.92 Å². The molecule has 1 amide bonds. The van der Waals surface area contributed by atoms with E-state index in [-0.39, 0.29) is 23.9 Å². The molecule has 1 aromatic carbocycles. The van der Waals surface area contributed by atoms with E-state index in [1.54, 1.807) is 28.4 Å². The lowest BCUT2D eigenvalue weighted by Crippen LogP contribution is -2.56. The quantitative estimate of drug-likeness (QED) is 0.795. The van der Waals surface area contributed by atoms with Crippen LogP contribution in [0.2, 0.25) is 5.02 Å². The third kappa shape index (κ3) is 3.50. The molecule has 1 aromatic heterocycles. The average Bonchev–Trinajstić information content (AvgIpc) is 2.89. The zero-order valence-electron chi connectivity index (χ0n) is 13.2. The molecule has 1 aliphatic heterocycles. The number of amides is 1. The maximum absolute atomic E-state index is 12.5. The Hall–Kier alpha value is -1.37. The third-order valence-electron chi connectivity index (χ3n) is 4.32. The van der Waals surface area contributed by atoms with Gasteiger partial charge in [0.2, 0.25) is 5.91 Å². The Morgan fingerprint density at radius 3 is 2.50 bits per heavy atom. The SMILES string of the molecule is Cc1ccsc1CCC(=O)N1CC(S(=O)(=O)c2ccc(Cl)cc2)C1. The van der Waals surface area contributed by atoms with Crippen molar-refractivity contribution in [3.8, 4) is 0 Å². The number of hydrogen-bond donors (Lipinski definition) is 0. The van der Waals surface area contributed by atoms with Crippen molar-refractivity contribution < 1.29 is 13.2 Å². The van der Waals surface area contributed by atoms with Crippen LogP contribution in [-0.2, 0) is 21.1 Å². The van der Waals surface area contributed by atoms with Crippen LogP contribution < -0.4 is 0 Å². The van der Waals surface area contributed by atoms with Gasteiger partial charge in [0.1, 0.15) is 5.25 Å². The summed E-state index contributed by atoms with van der Waals surface area (Å²) in [5.41, 5.74) is 1.21. The highest BCUT2D eigenvalue weighted by Gasteiger charge is 2.40. The first-order chi connectivity index (χ1) is 11.4. The number of carbonyl (C=O) groups is 1. The molecule has 2 heterocycles. The Labute approximate surface area is 151 Å². The zero-order chi connectivity index (χ0) is 17.3. The van der Waals surface area contributed by atoms with Crippen LogP contribution in [0.4, 0.5) is 0 Å². The van der Waals surface area contributed by atoms with Gasteiger partial charge in [0.05, 0.1) is 4.90 Å². The van der Waals surface area contributed by atoms with Crippen molar-refractivity contribution in [1.29, 1.82) is 0 Å². The number of nitrogens with zero attached hydrogens (tertiary/aromatic N) is 1. The minimum absolute atomic E-state index is 0.0188. The molecule has 1 aliphatic rings. The van der Waals surface area contributed by atoms with Crippen LogP contribution >= 0.6 is 22.9 Å². The molecule has 0 unspecified atom stereocenters. The molecule has 1 saturated heterocycles. The second-order valence-electron chi connectivity index (χ2n) is 5.95. The Morgan fingerprint density at radius 2 is 1.92 bits per heavy atom. The smallest absolute Gasteiger partial charge is 0.223 e. The summed E-state index contributed by atoms with van der Waals surface area (Å²) in [6.45, 7) is 2.58. The molecule has 1 fully saturated rings. The van der Waals surface area contributed by atoms with Crippen LogP contribution in [-0.4, -0.2) is 37.6 Å². The van der Waals surface area contributed by atoms with Crippen LogP contribution in [0.25, 0.3) is 0 Å². The van der Waals surface area contributed by atoms with Crippen molar-refractivity contribution in [2.45, 2.75) is 29.9 Å². The Kier molecular flexibility index (Phi) is 4.99. The van der Waals surface area contributed by atoms with Crippen LogP contribution in [0.3, 0.4) is 0 Å². The summed E-state index contributed by atoms with van der Waals surface area (Å²) in [7, 11) is -3.40. The Balaban J connectivity index is 1.55. The van der Waals surface area contributed by atoms with Gasteiger partial charge in [-0.15, -0.1) is 11.3 Å². The molecule has 7 heteroatoms. The molecule has 0 N–H and O–H groups in total. The van der Waals surface area contributed by atoms with E-state index in [0.717, 1.165) is 0 Å². The van der Waals surface area contributed by atoms with Gasteiger partial charge >= 0.3 is 0 Å². The first-order valence-corrected chi connectivity index (χ1v) is 10.5. The lowest BCUT2D eigenvalue weighted by atomic mass is 10.1. The second kappa shape index (κ2) is 6.86. The van der Waals surface area contributed by atoms with Gasteiger partial charge in [0.15, 0.2) is 9.84 Å². The summed E-state index contributed by atoms with van der Waals surface area (Å²) in [5, 5.41) is 2.00. The first kappa shape index (κ1) is 17.5. The van der Waals surface area contributed by atoms with Crippen molar-refractivity contribution in [3.05, 3.63) is 51.2 Å². The minimum atomic E-state index is -3.40. The van der Waals surface area contributed by atoms with Crippen molar-refractivity contribution in [2.24, 2.45) is 0 Å². The lowest BCUT2D eigenvalue weighted by molar-refractivity contribution is -0.134. The van der Waals surface area contributed by atoms with Gasteiger partial charge in [-0.3, -0.25) is 4.79 Å². The monoisotopic (exact) mass is 383 g/mol. The highest BCUT2D eigenvalue weighted by Crippen LogP contribution is 2.26. The third-order valence-corrected chi connectivity index (χ3v) is 7.76. The van der Waals surface area contributed by atoms with Gasteiger partial charge in [-0.25, -0.2) is 8.42 Å². The Bertz CT molecular complexity index is 837. The van der Waals surface area contributed by atoms with Gasteiger partial charge in [0.25, 0.3) is 0 Å². The maximum Gasteiger partial charge on any atom is 0.223 e. The summed E-state index contributed by atoms with van der Waals surface area (Å²) >= 11 is 7.45. The number of likely N-dealkylation sites (tertiary alicyclic amines) is 1. The van der Waals surface area contributed by atoms with Crippen LogP contribution in [0.1, 0.15) is 16.9 Å². The van der Waals surface area contributed by atoms with Gasteiger partial charge < -0.3 is 4.90 Å². The fourth-order valence-corrected chi connectivity index (χ4v) is 5.38. The number of benzene rings is 1. The molecule has 0 atom stereocenters.